The van der Waals surface area contributed by atoms with Crippen molar-refractivity contribution in [3.05, 3.63) is 59.7 Å². The van der Waals surface area contributed by atoms with Crippen molar-refractivity contribution in [2.75, 3.05) is 25.0 Å². The molecule has 0 aliphatic carbocycles. The highest BCUT2D eigenvalue weighted by Crippen LogP contribution is 2.30. The standard InChI is InChI=1S/C22H22F4N2O4/c1-3-28(13-19(29)27-21-15(23)6-5-7-16(21)24)20(30)11-9-14-8-10-17(32-22(25)26)18(12-14)31-4-2/h5-12,22H,3-4,13H2,1-2H3,(H,27,29)/b11-9+. The number of ether oxygens (including phenoxy) is 2. The quantitative estimate of drug-likeness (QED) is 0.425. The fraction of sp³-hybridized carbons (Fsp3) is 0.273. The first-order chi connectivity index (χ1) is 15.2. The first-order valence-electron chi connectivity index (χ1n) is 9.67. The van der Waals surface area contributed by atoms with Gasteiger partial charge in [-0.1, -0.05) is 12.1 Å². The molecule has 2 aromatic carbocycles. The molecule has 0 radical (unpaired) electrons. The summed E-state index contributed by atoms with van der Waals surface area (Å²) in [4.78, 5) is 25.8. The highest BCUT2D eigenvalue weighted by Gasteiger charge is 2.17. The predicted molar refractivity (Wildman–Crippen MR) is 111 cm³/mol. The molecule has 2 aromatic rings. The van der Waals surface area contributed by atoms with Gasteiger partial charge in [0.1, 0.15) is 23.9 Å². The van der Waals surface area contributed by atoms with Crippen molar-refractivity contribution >= 4 is 23.6 Å². The molecule has 0 spiro atoms. The van der Waals surface area contributed by atoms with Gasteiger partial charge in [0.25, 0.3) is 0 Å². The Kier molecular flexibility index (Phi) is 9.06. The highest BCUT2D eigenvalue weighted by molar-refractivity contribution is 5.98. The summed E-state index contributed by atoms with van der Waals surface area (Å²) in [6.45, 7) is 0.231. The van der Waals surface area contributed by atoms with Crippen molar-refractivity contribution in [3.63, 3.8) is 0 Å². The van der Waals surface area contributed by atoms with Crippen LogP contribution in [-0.4, -0.2) is 43.0 Å². The third-order valence-corrected chi connectivity index (χ3v) is 4.16. The molecule has 0 unspecified atom stereocenters. The van der Waals surface area contributed by atoms with Crippen molar-refractivity contribution in [2.24, 2.45) is 0 Å². The fourth-order valence-electron chi connectivity index (χ4n) is 2.68. The number of hydrogen-bond donors (Lipinski definition) is 1. The molecule has 2 rings (SSSR count). The van der Waals surface area contributed by atoms with Crippen LogP contribution >= 0.6 is 0 Å². The Morgan fingerprint density at radius 1 is 1.09 bits per heavy atom. The van der Waals surface area contributed by atoms with Crippen LogP contribution in [0, 0.1) is 11.6 Å². The zero-order chi connectivity index (χ0) is 23.7. The van der Waals surface area contributed by atoms with Crippen LogP contribution in [0.25, 0.3) is 6.08 Å². The van der Waals surface area contributed by atoms with Gasteiger partial charge in [-0.25, -0.2) is 8.78 Å². The van der Waals surface area contributed by atoms with E-state index in [1.807, 2.05) is 0 Å². The minimum Gasteiger partial charge on any atom is -0.490 e. The number of carbonyl (C=O) groups excluding carboxylic acids is 2. The molecule has 0 aliphatic rings. The lowest BCUT2D eigenvalue weighted by molar-refractivity contribution is -0.130. The molecule has 0 atom stereocenters. The summed E-state index contributed by atoms with van der Waals surface area (Å²) in [7, 11) is 0. The average Bonchev–Trinajstić information content (AvgIpc) is 2.74. The van der Waals surface area contributed by atoms with Crippen LogP contribution in [-0.2, 0) is 9.59 Å². The second-order valence-corrected chi connectivity index (χ2v) is 6.35. The normalized spacial score (nSPS) is 11.0. The summed E-state index contributed by atoms with van der Waals surface area (Å²) in [6, 6.07) is 7.32. The molecule has 0 aromatic heterocycles. The first-order valence-corrected chi connectivity index (χ1v) is 9.67. The van der Waals surface area contributed by atoms with E-state index in [9.17, 15) is 27.2 Å². The molecule has 32 heavy (non-hydrogen) atoms. The molecule has 1 N–H and O–H groups in total. The van der Waals surface area contributed by atoms with Crippen molar-refractivity contribution in [1.82, 2.24) is 4.90 Å². The van der Waals surface area contributed by atoms with Gasteiger partial charge in [-0.2, -0.15) is 8.78 Å². The molecule has 0 bridgehead atoms. The van der Waals surface area contributed by atoms with Crippen molar-refractivity contribution in [1.29, 1.82) is 0 Å². The molecule has 0 heterocycles. The minimum absolute atomic E-state index is 0.0843. The maximum absolute atomic E-state index is 13.7. The Morgan fingerprint density at radius 2 is 1.78 bits per heavy atom. The molecular formula is C22H22F4N2O4. The van der Waals surface area contributed by atoms with E-state index >= 15 is 0 Å². The Balaban J connectivity index is 2.07. The lowest BCUT2D eigenvalue weighted by Gasteiger charge is -2.19. The minimum atomic E-state index is -3.01. The summed E-state index contributed by atoms with van der Waals surface area (Å²) in [5.74, 6) is -3.24. The van der Waals surface area contributed by atoms with Crippen LogP contribution in [0.1, 0.15) is 19.4 Å². The second kappa shape index (κ2) is 11.7. The molecule has 0 aliphatic heterocycles. The Labute approximate surface area is 182 Å². The Morgan fingerprint density at radius 3 is 2.38 bits per heavy atom. The number of likely N-dealkylation sites (N-methyl/N-ethyl adjacent to an activating group) is 1. The van der Waals surface area contributed by atoms with Gasteiger partial charge >= 0.3 is 6.61 Å². The average molecular weight is 454 g/mol. The molecule has 0 saturated carbocycles. The fourth-order valence-corrected chi connectivity index (χ4v) is 2.68. The number of halogens is 4. The lowest BCUT2D eigenvalue weighted by Crippen LogP contribution is -2.37. The van der Waals surface area contributed by atoms with E-state index < -0.39 is 42.3 Å². The number of benzene rings is 2. The van der Waals surface area contributed by atoms with Gasteiger partial charge in [-0.15, -0.1) is 0 Å². The predicted octanol–water partition coefficient (Wildman–Crippen LogP) is 4.47. The summed E-state index contributed by atoms with van der Waals surface area (Å²) >= 11 is 0. The molecule has 0 fully saturated rings. The van der Waals surface area contributed by atoms with Gasteiger partial charge in [-0.05, 0) is 49.8 Å². The third kappa shape index (κ3) is 7.00. The van der Waals surface area contributed by atoms with E-state index in [1.165, 1.54) is 30.4 Å². The van der Waals surface area contributed by atoms with Crippen LogP contribution in [0.2, 0.25) is 0 Å². The van der Waals surface area contributed by atoms with Gasteiger partial charge in [0.15, 0.2) is 11.5 Å². The molecule has 172 valence electrons. The van der Waals surface area contributed by atoms with Gasteiger partial charge in [0.05, 0.1) is 6.61 Å². The van der Waals surface area contributed by atoms with E-state index in [4.69, 9.17) is 4.74 Å². The summed E-state index contributed by atoms with van der Waals surface area (Å²) in [6.07, 6.45) is 2.59. The molecular weight excluding hydrogens is 432 g/mol. The highest BCUT2D eigenvalue weighted by atomic mass is 19.3. The van der Waals surface area contributed by atoms with E-state index in [0.717, 1.165) is 23.1 Å². The van der Waals surface area contributed by atoms with Gasteiger partial charge in [-0.3, -0.25) is 9.59 Å². The van der Waals surface area contributed by atoms with Crippen LogP contribution < -0.4 is 14.8 Å². The zero-order valence-electron chi connectivity index (χ0n) is 17.4. The summed E-state index contributed by atoms with van der Waals surface area (Å²) < 4.78 is 62.0. The number of carbonyl (C=O) groups is 2. The number of rotatable bonds is 10. The summed E-state index contributed by atoms with van der Waals surface area (Å²) in [5, 5.41) is 2.12. The lowest BCUT2D eigenvalue weighted by atomic mass is 10.2. The van der Waals surface area contributed by atoms with Gasteiger partial charge in [0.2, 0.25) is 11.8 Å². The zero-order valence-corrected chi connectivity index (χ0v) is 17.4. The van der Waals surface area contributed by atoms with Crippen LogP contribution in [0.4, 0.5) is 23.2 Å². The maximum Gasteiger partial charge on any atom is 0.387 e. The van der Waals surface area contributed by atoms with Crippen LogP contribution in [0.5, 0.6) is 11.5 Å². The number of nitrogens with one attached hydrogen (secondary N) is 1. The number of alkyl halides is 2. The number of hydrogen-bond acceptors (Lipinski definition) is 4. The molecule has 2 amide bonds. The van der Waals surface area contributed by atoms with Crippen LogP contribution in [0.3, 0.4) is 0 Å². The Hall–Kier alpha value is -3.56. The van der Waals surface area contributed by atoms with Gasteiger partial charge in [0, 0.05) is 12.6 Å². The maximum atomic E-state index is 13.7. The van der Waals surface area contributed by atoms with Gasteiger partial charge < -0.3 is 19.7 Å². The summed E-state index contributed by atoms with van der Waals surface area (Å²) in [5.41, 5.74) is -0.122. The molecule has 10 heteroatoms. The van der Waals surface area contributed by atoms with Crippen molar-refractivity contribution in [3.8, 4) is 11.5 Å². The Bertz CT molecular complexity index is 962. The molecule has 6 nitrogen and oxygen atoms in total. The van der Waals surface area contributed by atoms with Crippen molar-refractivity contribution in [2.45, 2.75) is 20.5 Å². The van der Waals surface area contributed by atoms with Crippen molar-refractivity contribution < 1.29 is 36.6 Å². The van der Waals surface area contributed by atoms with E-state index in [2.05, 4.69) is 10.1 Å². The van der Waals surface area contributed by atoms with E-state index in [0.29, 0.717) is 5.56 Å². The first kappa shape index (κ1) is 24.7. The second-order valence-electron chi connectivity index (χ2n) is 6.35. The smallest absolute Gasteiger partial charge is 0.387 e. The topological polar surface area (TPSA) is 67.9 Å². The third-order valence-electron chi connectivity index (χ3n) is 4.16. The number of anilines is 1. The number of amides is 2. The monoisotopic (exact) mass is 454 g/mol. The molecule has 0 saturated heterocycles. The SMILES string of the molecule is CCOc1cc(/C=C/C(=O)N(CC)CC(=O)Nc2c(F)cccc2F)ccc1OC(F)F. The van der Waals surface area contributed by atoms with E-state index in [-0.39, 0.29) is 24.7 Å². The van der Waals surface area contributed by atoms with E-state index in [1.54, 1.807) is 13.8 Å². The largest absolute Gasteiger partial charge is 0.490 e. The number of nitrogens with zero attached hydrogens (tertiary/aromatic N) is 1. The number of para-hydroxylation sites is 1. The van der Waals surface area contributed by atoms with Crippen LogP contribution in [0.15, 0.2) is 42.5 Å².